The van der Waals surface area contributed by atoms with E-state index in [-0.39, 0.29) is 23.1 Å². The fourth-order valence-electron chi connectivity index (χ4n) is 3.01. The molecule has 0 spiro atoms. The van der Waals surface area contributed by atoms with Gasteiger partial charge in [0.1, 0.15) is 24.0 Å². The van der Waals surface area contributed by atoms with Crippen molar-refractivity contribution in [2.75, 3.05) is 19.8 Å². The van der Waals surface area contributed by atoms with Crippen LogP contribution in [0.3, 0.4) is 0 Å². The lowest BCUT2D eigenvalue weighted by molar-refractivity contribution is -0.174. The number of primary amides is 1. The van der Waals surface area contributed by atoms with E-state index < -0.39 is 60.9 Å². The second kappa shape index (κ2) is 10.1. The Balaban J connectivity index is 2.29. The quantitative estimate of drug-likeness (QED) is 0.374. The molecule has 0 saturated heterocycles. The van der Waals surface area contributed by atoms with Gasteiger partial charge in [-0.05, 0) is 11.5 Å². The third-order valence-corrected chi connectivity index (χ3v) is 4.49. The predicted octanol–water partition coefficient (Wildman–Crippen LogP) is 1.50. The monoisotopic (exact) mass is 475 g/mol. The second-order valence-corrected chi connectivity index (χ2v) is 8.33. The van der Waals surface area contributed by atoms with Crippen molar-refractivity contribution in [1.82, 2.24) is 20.4 Å². The minimum absolute atomic E-state index is 0.0938. The van der Waals surface area contributed by atoms with Crippen LogP contribution in [0, 0.1) is 11.2 Å². The van der Waals surface area contributed by atoms with Crippen molar-refractivity contribution in [2.24, 2.45) is 11.1 Å². The Morgan fingerprint density at radius 1 is 1.21 bits per heavy atom. The highest BCUT2D eigenvalue weighted by Gasteiger charge is 2.34. The molecule has 0 bridgehead atoms. The zero-order chi connectivity index (χ0) is 25.0. The second-order valence-electron chi connectivity index (χ2n) is 8.33. The van der Waals surface area contributed by atoms with Crippen LogP contribution in [-0.4, -0.2) is 59.5 Å². The first-order valence-electron chi connectivity index (χ1n) is 9.87. The average molecular weight is 475 g/mol. The van der Waals surface area contributed by atoms with Crippen LogP contribution in [0.2, 0.25) is 0 Å². The number of para-hydroxylation sites is 1. The molecule has 1 aromatic carbocycles. The molecule has 1 heterocycles. The average Bonchev–Trinajstić information content (AvgIpc) is 3.06. The standard InChI is InChI=1S/C20H25F4N5O4/c1-19(2,3)16(18(32)26-9-13(25)30)27-17(31)14-11-5-4-6-12(21)15(11)29(28-14)7-8-33-10-20(22,23)24/h4-6,16H,7-10H2,1-3H3,(H2,25,30)(H,26,32)(H,27,31). The first-order chi connectivity index (χ1) is 15.2. The van der Waals surface area contributed by atoms with Crippen molar-refractivity contribution < 1.29 is 36.7 Å². The summed E-state index contributed by atoms with van der Waals surface area (Å²) in [5.74, 6) is -2.98. The summed E-state index contributed by atoms with van der Waals surface area (Å²) in [6, 6.07) is 2.79. The molecular formula is C20H25F4N5O4. The number of halogens is 4. The molecule has 33 heavy (non-hydrogen) atoms. The number of nitrogens with one attached hydrogen (secondary N) is 2. The number of carbonyl (C=O) groups excluding carboxylic acids is 3. The van der Waals surface area contributed by atoms with E-state index >= 15 is 0 Å². The lowest BCUT2D eigenvalue weighted by Crippen LogP contribution is -2.54. The van der Waals surface area contributed by atoms with Gasteiger partial charge < -0.3 is 21.1 Å². The molecule has 0 saturated carbocycles. The third-order valence-electron chi connectivity index (χ3n) is 4.49. The number of nitrogens with zero attached hydrogens (tertiary/aromatic N) is 2. The molecule has 2 rings (SSSR count). The maximum absolute atomic E-state index is 14.5. The zero-order valence-corrected chi connectivity index (χ0v) is 18.3. The van der Waals surface area contributed by atoms with Crippen molar-refractivity contribution in [3.63, 3.8) is 0 Å². The van der Waals surface area contributed by atoms with Gasteiger partial charge in [0, 0.05) is 5.39 Å². The Labute approximate surface area is 186 Å². The summed E-state index contributed by atoms with van der Waals surface area (Å²) in [6.45, 7) is 2.45. The molecule has 2 aromatic rings. The summed E-state index contributed by atoms with van der Waals surface area (Å²) in [5, 5.41) is 9.00. The van der Waals surface area contributed by atoms with Crippen LogP contribution in [0.25, 0.3) is 10.9 Å². The molecule has 182 valence electrons. The summed E-state index contributed by atoms with van der Waals surface area (Å²) in [6.07, 6.45) is -4.51. The van der Waals surface area contributed by atoms with Crippen molar-refractivity contribution >= 4 is 28.6 Å². The van der Waals surface area contributed by atoms with Crippen molar-refractivity contribution in [1.29, 1.82) is 0 Å². The number of ether oxygens (including phenoxy) is 1. The van der Waals surface area contributed by atoms with E-state index in [4.69, 9.17) is 5.73 Å². The van der Waals surface area contributed by atoms with Crippen LogP contribution in [0.5, 0.6) is 0 Å². The first-order valence-corrected chi connectivity index (χ1v) is 9.87. The maximum atomic E-state index is 14.5. The lowest BCUT2D eigenvalue weighted by atomic mass is 9.86. The van der Waals surface area contributed by atoms with Crippen LogP contribution in [0.15, 0.2) is 18.2 Å². The number of hydrogen-bond acceptors (Lipinski definition) is 5. The van der Waals surface area contributed by atoms with E-state index in [1.54, 1.807) is 20.8 Å². The molecular weight excluding hydrogens is 450 g/mol. The zero-order valence-electron chi connectivity index (χ0n) is 18.3. The molecule has 1 aromatic heterocycles. The fourth-order valence-corrected chi connectivity index (χ4v) is 3.01. The summed E-state index contributed by atoms with van der Waals surface area (Å²) in [7, 11) is 0. The molecule has 13 heteroatoms. The van der Waals surface area contributed by atoms with Gasteiger partial charge in [0.25, 0.3) is 5.91 Å². The third kappa shape index (κ3) is 7.14. The van der Waals surface area contributed by atoms with Gasteiger partial charge in [-0.3, -0.25) is 19.1 Å². The molecule has 0 fully saturated rings. The molecule has 4 N–H and O–H groups in total. The van der Waals surface area contributed by atoms with Gasteiger partial charge >= 0.3 is 6.18 Å². The highest BCUT2D eigenvalue weighted by atomic mass is 19.4. The Hall–Kier alpha value is -3.22. The molecule has 0 radical (unpaired) electrons. The van der Waals surface area contributed by atoms with Gasteiger partial charge in [-0.15, -0.1) is 0 Å². The van der Waals surface area contributed by atoms with Crippen molar-refractivity contribution in [2.45, 2.75) is 39.5 Å². The Morgan fingerprint density at radius 3 is 2.45 bits per heavy atom. The van der Waals surface area contributed by atoms with Gasteiger partial charge in [0.05, 0.1) is 19.7 Å². The Kier molecular flexibility index (Phi) is 8.01. The number of carbonyl (C=O) groups is 3. The molecule has 3 amide bonds. The number of aromatic nitrogens is 2. The number of rotatable bonds is 9. The maximum Gasteiger partial charge on any atom is 0.411 e. The van der Waals surface area contributed by atoms with Gasteiger partial charge in [-0.2, -0.15) is 18.3 Å². The van der Waals surface area contributed by atoms with Crippen LogP contribution in [0.1, 0.15) is 31.3 Å². The van der Waals surface area contributed by atoms with E-state index in [1.807, 2.05) is 0 Å². The molecule has 9 nitrogen and oxygen atoms in total. The lowest BCUT2D eigenvalue weighted by Gasteiger charge is -2.30. The van der Waals surface area contributed by atoms with Crippen LogP contribution >= 0.6 is 0 Å². The predicted molar refractivity (Wildman–Crippen MR) is 109 cm³/mol. The van der Waals surface area contributed by atoms with Crippen LogP contribution in [0.4, 0.5) is 17.6 Å². The molecule has 0 aliphatic heterocycles. The normalized spacial score (nSPS) is 13.1. The minimum Gasteiger partial charge on any atom is -0.370 e. The molecule has 1 atom stereocenters. The summed E-state index contributed by atoms with van der Waals surface area (Å²) in [5.41, 5.74) is 3.93. The van der Waals surface area contributed by atoms with Gasteiger partial charge in [0.15, 0.2) is 5.69 Å². The van der Waals surface area contributed by atoms with Crippen molar-refractivity contribution in [3.8, 4) is 0 Å². The summed E-state index contributed by atoms with van der Waals surface area (Å²) in [4.78, 5) is 36.5. The molecule has 1 unspecified atom stereocenters. The Bertz CT molecular complexity index is 1030. The van der Waals surface area contributed by atoms with E-state index in [0.29, 0.717) is 0 Å². The minimum atomic E-state index is -4.51. The van der Waals surface area contributed by atoms with E-state index in [9.17, 15) is 31.9 Å². The van der Waals surface area contributed by atoms with Gasteiger partial charge in [0.2, 0.25) is 11.8 Å². The fraction of sp³-hybridized carbons (Fsp3) is 0.500. The largest absolute Gasteiger partial charge is 0.411 e. The van der Waals surface area contributed by atoms with Crippen LogP contribution < -0.4 is 16.4 Å². The summed E-state index contributed by atoms with van der Waals surface area (Å²) < 4.78 is 56.9. The number of benzene rings is 1. The van der Waals surface area contributed by atoms with E-state index in [2.05, 4.69) is 20.5 Å². The van der Waals surface area contributed by atoms with Crippen molar-refractivity contribution in [3.05, 3.63) is 29.7 Å². The van der Waals surface area contributed by atoms with Gasteiger partial charge in [-0.1, -0.05) is 32.9 Å². The SMILES string of the molecule is CC(C)(C)C(NC(=O)c1nn(CCOCC(F)(F)F)c2c(F)cccc12)C(=O)NCC(N)=O. The number of hydrogen-bond donors (Lipinski definition) is 3. The van der Waals surface area contributed by atoms with E-state index in [1.165, 1.54) is 12.1 Å². The summed E-state index contributed by atoms with van der Waals surface area (Å²) >= 11 is 0. The first kappa shape index (κ1) is 26.0. The van der Waals surface area contributed by atoms with E-state index in [0.717, 1.165) is 10.7 Å². The number of nitrogens with two attached hydrogens (primary N) is 1. The topological polar surface area (TPSA) is 128 Å². The molecule has 0 aliphatic rings. The number of amides is 3. The van der Waals surface area contributed by atoms with Gasteiger partial charge in [-0.25, -0.2) is 4.39 Å². The molecule has 0 aliphatic carbocycles. The number of fused-ring (bicyclic) bond motifs is 1. The smallest absolute Gasteiger partial charge is 0.370 e. The highest BCUT2D eigenvalue weighted by molar-refractivity contribution is 6.06. The Morgan fingerprint density at radius 2 is 1.88 bits per heavy atom. The highest BCUT2D eigenvalue weighted by Crippen LogP contribution is 2.24. The van der Waals surface area contributed by atoms with Crippen LogP contribution in [-0.2, 0) is 20.9 Å². The number of alkyl halides is 3.